The van der Waals surface area contributed by atoms with Gasteiger partial charge in [-0.1, -0.05) is 256 Å². The zero-order chi connectivity index (χ0) is 48.6. The summed E-state index contributed by atoms with van der Waals surface area (Å²) in [6.07, 6.45) is 68.8. The number of rotatable bonds is 53. The van der Waals surface area contributed by atoms with Crippen molar-refractivity contribution in [2.75, 3.05) is 13.2 Å². The van der Waals surface area contributed by atoms with Crippen molar-refractivity contribution in [1.29, 1.82) is 0 Å². The lowest BCUT2D eigenvalue weighted by molar-refractivity contribution is -0.167. The van der Waals surface area contributed by atoms with Crippen LogP contribution in [0.15, 0.2) is 48.6 Å². The van der Waals surface area contributed by atoms with Gasteiger partial charge in [0.15, 0.2) is 6.10 Å². The van der Waals surface area contributed by atoms with Gasteiger partial charge in [-0.3, -0.25) is 14.4 Å². The number of esters is 3. The second-order valence-corrected chi connectivity index (χ2v) is 19.5. The maximum absolute atomic E-state index is 12.8. The summed E-state index contributed by atoms with van der Waals surface area (Å²) in [5, 5.41) is 0. The largest absolute Gasteiger partial charge is 0.462 e. The number of ether oxygens (including phenoxy) is 3. The molecule has 0 aromatic carbocycles. The second-order valence-electron chi connectivity index (χ2n) is 19.5. The van der Waals surface area contributed by atoms with Crippen LogP contribution >= 0.6 is 0 Å². The van der Waals surface area contributed by atoms with E-state index >= 15 is 0 Å². The highest BCUT2D eigenvalue weighted by Gasteiger charge is 2.19. The summed E-state index contributed by atoms with van der Waals surface area (Å²) in [7, 11) is 0. The minimum absolute atomic E-state index is 0.0752. The highest BCUT2D eigenvalue weighted by molar-refractivity contribution is 5.71. The first-order valence-electron chi connectivity index (χ1n) is 29.1. The molecule has 0 saturated heterocycles. The highest BCUT2D eigenvalue weighted by atomic mass is 16.6. The van der Waals surface area contributed by atoms with E-state index in [1.807, 2.05) is 0 Å². The Labute approximate surface area is 416 Å². The molecule has 0 bridgehead atoms. The third-order valence-corrected chi connectivity index (χ3v) is 12.8. The normalized spacial score (nSPS) is 12.3. The number of carbonyl (C=O) groups excluding carboxylic acids is 3. The van der Waals surface area contributed by atoms with Crippen LogP contribution in [-0.4, -0.2) is 37.2 Å². The summed E-state index contributed by atoms with van der Waals surface area (Å²) < 4.78 is 16.7. The first kappa shape index (κ1) is 64.4. The molecule has 0 amide bonds. The molecule has 0 heterocycles. The molecule has 0 aliphatic heterocycles. The zero-order valence-electron chi connectivity index (χ0n) is 44.7. The molecule has 6 nitrogen and oxygen atoms in total. The summed E-state index contributed by atoms with van der Waals surface area (Å²) in [5.74, 6) is -0.888. The minimum atomic E-state index is -0.773. The summed E-state index contributed by atoms with van der Waals surface area (Å²) >= 11 is 0. The van der Waals surface area contributed by atoms with Gasteiger partial charge in [0.25, 0.3) is 0 Å². The highest BCUT2D eigenvalue weighted by Crippen LogP contribution is 2.16. The molecule has 1 atom stereocenters. The quantitative estimate of drug-likeness (QED) is 0.0262. The second kappa shape index (κ2) is 56.0. The molecule has 0 aromatic heterocycles. The van der Waals surface area contributed by atoms with E-state index in [0.29, 0.717) is 19.3 Å². The van der Waals surface area contributed by atoms with E-state index in [0.717, 1.165) is 89.9 Å². The van der Waals surface area contributed by atoms with E-state index in [2.05, 4.69) is 69.4 Å². The molecule has 0 aliphatic rings. The van der Waals surface area contributed by atoms with Crippen molar-refractivity contribution in [2.45, 2.75) is 309 Å². The number of carbonyl (C=O) groups is 3. The van der Waals surface area contributed by atoms with E-state index in [-0.39, 0.29) is 31.1 Å². The molecule has 0 aliphatic carbocycles. The van der Waals surface area contributed by atoms with Crippen LogP contribution in [0.2, 0.25) is 0 Å². The minimum Gasteiger partial charge on any atom is -0.462 e. The van der Waals surface area contributed by atoms with Gasteiger partial charge in [-0.25, -0.2) is 0 Å². The lowest BCUT2D eigenvalue weighted by Gasteiger charge is -2.18. The van der Waals surface area contributed by atoms with Crippen LogP contribution in [0.25, 0.3) is 0 Å². The average Bonchev–Trinajstić information content (AvgIpc) is 3.33. The molecule has 0 rings (SSSR count). The molecule has 67 heavy (non-hydrogen) atoms. The molecule has 0 N–H and O–H groups in total. The van der Waals surface area contributed by atoms with Crippen LogP contribution in [0, 0.1) is 0 Å². The Hall–Kier alpha value is -2.63. The maximum atomic E-state index is 12.8. The fraction of sp³-hybridized carbons (Fsp3) is 0.820. The summed E-state index contributed by atoms with van der Waals surface area (Å²) in [6, 6.07) is 0. The molecule has 0 saturated carbocycles. The average molecular weight is 940 g/mol. The van der Waals surface area contributed by atoms with Crippen LogP contribution in [-0.2, 0) is 28.6 Å². The summed E-state index contributed by atoms with van der Waals surface area (Å²) in [5.41, 5.74) is 0. The van der Waals surface area contributed by atoms with Crippen LogP contribution in [0.4, 0.5) is 0 Å². The van der Waals surface area contributed by atoms with Crippen molar-refractivity contribution < 1.29 is 28.6 Å². The van der Waals surface area contributed by atoms with Crippen molar-refractivity contribution in [3.05, 3.63) is 48.6 Å². The van der Waals surface area contributed by atoms with Gasteiger partial charge >= 0.3 is 17.9 Å². The van der Waals surface area contributed by atoms with Gasteiger partial charge in [-0.2, -0.15) is 0 Å². The SMILES string of the molecule is CC/C=C\C/C=C\C/C=C\CCCCCCCCCC(=O)OC(COC(=O)CCCCCCC)COC(=O)CCCCCCCCCCCCCCCCC/C=C\CCCCCCCCCC. The Kier molecular flexibility index (Phi) is 53.8. The van der Waals surface area contributed by atoms with Crippen molar-refractivity contribution in [3.63, 3.8) is 0 Å². The fourth-order valence-corrected chi connectivity index (χ4v) is 8.45. The first-order chi connectivity index (χ1) is 33.0. The molecule has 0 radical (unpaired) electrons. The van der Waals surface area contributed by atoms with E-state index in [4.69, 9.17) is 14.2 Å². The van der Waals surface area contributed by atoms with Crippen molar-refractivity contribution in [2.24, 2.45) is 0 Å². The summed E-state index contributed by atoms with van der Waals surface area (Å²) in [6.45, 7) is 6.47. The summed E-state index contributed by atoms with van der Waals surface area (Å²) in [4.78, 5) is 37.8. The Morgan fingerprint density at radius 2 is 0.582 bits per heavy atom. The molecular weight excluding hydrogens is 829 g/mol. The monoisotopic (exact) mass is 939 g/mol. The predicted octanol–water partition coefficient (Wildman–Crippen LogP) is 19.4. The van der Waals surface area contributed by atoms with Gasteiger partial charge in [-0.15, -0.1) is 0 Å². The van der Waals surface area contributed by atoms with E-state index in [9.17, 15) is 14.4 Å². The van der Waals surface area contributed by atoms with Gasteiger partial charge in [0.05, 0.1) is 0 Å². The lowest BCUT2D eigenvalue weighted by atomic mass is 10.0. The lowest BCUT2D eigenvalue weighted by Crippen LogP contribution is -2.30. The smallest absolute Gasteiger partial charge is 0.306 e. The topological polar surface area (TPSA) is 78.9 Å². The van der Waals surface area contributed by atoms with Gasteiger partial charge < -0.3 is 14.2 Å². The van der Waals surface area contributed by atoms with Gasteiger partial charge in [-0.05, 0) is 77.0 Å². The van der Waals surface area contributed by atoms with E-state index in [1.54, 1.807) is 0 Å². The van der Waals surface area contributed by atoms with E-state index < -0.39 is 6.10 Å². The molecule has 0 spiro atoms. The number of allylic oxidation sites excluding steroid dienone is 8. The van der Waals surface area contributed by atoms with Crippen LogP contribution in [0.1, 0.15) is 303 Å². The maximum Gasteiger partial charge on any atom is 0.306 e. The Bertz CT molecular complexity index is 1170. The Morgan fingerprint density at radius 3 is 0.925 bits per heavy atom. The number of hydrogen-bond donors (Lipinski definition) is 0. The van der Waals surface area contributed by atoms with Crippen LogP contribution in [0.5, 0.6) is 0 Å². The third-order valence-electron chi connectivity index (χ3n) is 12.8. The molecule has 6 heteroatoms. The Balaban J connectivity index is 4.01. The molecule has 0 aromatic rings. The fourth-order valence-electron chi connectivity index (χ4n) is 8.45. The molecule has 0 fully saturated rings. The van der Waals surface area contributed by atoms with Crippen molar-refractivity contribution in [1.82, 2.24) is 0 Å². The molecular formula is C61H110O6. The zero-order valence-corrected chi connectivity index (χ0v) is 44.7. The first-order valence-corrected chi connectivity index (χ1v) is 29.1. The molecule has 390 valence electrons. The molecule has 1 unspecified atom stereocenters. The van der Waals surface area contributed by atoms with Crippen LogP contribution < -0.4 is 0 Å². The number of unbranched alkanes of at least 4 members (excludes halogenated alkanes) is 34. The predicted molar refractivity (Wildman–Crippen MR) is 289 cm³/mol. The van der Waals surface area contributed by atoms with E-state index in [1.165, 1.54) is 173 Å². The number of hydrogen-bond acceptors (Lipinski definition) is 6. The Morgan fingerprint density at radius 1 is 0.313 bits per heavy atom. The van der Waals surface area contributed by atoms with Crippen LogP contribution in [0.3, 0.4) is 0 Å². The third kappa shape index (κ3) is 54.2. The van der Waals surface area contributed by atoms with Gasteiger partial charge in [0.1, 0.15) is 13.2 Å². The van der Waals surface area contributed by atoms with Gasteiger partial charge in [0.2, 0.25) is 0 Å². The van der Waals surface area contributed by atoms with Crippen molar-refractivity contribution in [3.8, 4) is 0 Å². The standard InChI is InChI=1S/C61H110O6/c1-4-7-10-13-15-17-19-21-23-25-26-27-28-29-30-31-32-33-34-36-37-39-41-43-45-48-51-54-60(63)66-57-58(56-65-59(62)53-50-47-12-9-6-3)67-61(64)55-52-49-46-44-42-40-38-35-24-22-20-18-16-14-11-8-5-2/h8,11,16,18,22,24-26,58H,4-7,9-10,12-15,17,19-21,23,27-57H2,1-3H3/b11-8-,18-16-,24-22-,26-25-. The van der Waals surface area contributed by atoms with Gasteiger partial charge in [0, 0.05) is 19.3 Å². The van der Waals surface area contributed by atoms with Crippen molar-refractivity contribution >= 4 is 17.9 Å².